The van der Waals surface area contributed by atoms with E-state index >= 15 is 0 Å². The summed E-state index contributed by atoms with van der Waals surface area (Å²) >= 11 is 0. The lowest BCUT2D eigenvalue weighted by Crippen LogP contribution is -2.19. The molecule has 1 N–H and O–H groups in total. The molecule has 1 aromatic heterocycles. The summed E-state index contributed by atoms with van der Waals surface area (Å²) < 4.78 is 7.18. The molecule has 1 heterocycles. The van der Waals surface area contributed by atoms with E-state index in [0.29, 0.717) is 0 Å². The summed E-state index contributed by atoms with van der Waals surface area (Å²) in [7, 11) is 3.68. The van der Waals surface area contributed by atoms with E-state index in [1.54, 1.807) is 7.11 Å². The standard InChI is InChI=1S/C20H23N3O2/c1-4-22(2)17-7-5-6-16(13-17)21-20(24)14-23-11-10-15-12-18(25-3)8-9-19(15)23/h5-13H,4,14H2,1-3H3,(H,21,24). The molecule has 3 aromatic rings. The fourth-order valence-corrected chi connectivity index (χ4v) is 2.80. The Morgan fingerprint density at radius 2 is 2.04 bits per heavy atom. The maximum atomic E-state index is 12.4. The number of amides is 1. The first-order valence-corrected chi connectivity index (χ1v) is 8.34. The van der Waals surface area contributed by atoms with E-state index in [-0.39, 0.29) is 12.5 Å². The first kappa shape index (κ1) is 16.9. The Kier molecular flexibility index (Phi) is 4.93. The van der Waals surface area contributed by atoms with Crippen LogP contribution in [-0.2, 0) is 11.3 Å². The van der Waals surface area contributed by atoms with E-state index in [1.807, 2.05) is 66.3 Å². The topological polar surface area (TPSA) is 46.5 Å². The number of methoxy groups -OCH3 is 1. The highest BCUT2D eigenvalue weighted by Crippen LogP contribution is 2.22. The summed E-state index contributed by atoms with van der Waals surface area (Å²) in [6.07, 6.45) is 1.92. The Morgan fingerprint density at radius 1 is 1.20 bits per heavy atom. The second-order valence-corrected chi connectivity index (χ2v) is 5.98. The number of aromatic nitrogens is 1. The smallest absolute Gasteiger partial charge is 0.244 e. The fraction of sp³-hybridized carbons (Fsp3) is 0.250. The van der Waals surface area contributed by atoms with Gasteiger partial charge in [0.1, 0.15) is 12.3 Å². The third-order valence-electron chi connectivity index (χ3n) is 4.34. The van der Waals surface area contributed by atoms with E-state index < -0.39 is 0 Å². The van der Waals surface area contributed by atoms with Gasteiger partial charge in [-0.05, 0) is 49.4 Å². The third kappa shape index (κ3) is 3.76. The van der Waals surface area contributed by atoms with Gasteiger partial charge in [-0.15, -0.1) is 0 Å². The van der Waals surface area contributed by atoms with Crippen LogP contribution in [-0.4, -0.2) is 31.2 Å². The Balaban J connectivity index is 1.73. The molecule has 5 nitrogen and oxygen atoms in total. The van der Waals surface area contributed by atoms with Crippen LogP contribution in [0.25, 0.3) is 10.9 Å². The number of carbonyl (C=O) groups excluding carboxylic acids is 1. The van der Waals surface area contributed by atoms with E-state index in [4.69, 9.17) is 4.74 Å². The Labute approximate surface area is 147 Å². The van der Waals surface area contributed by atoms with Crippen LogP contribution in [0, 0.1) is 0 Å². The summed E-state index contributed by atoms with van der Waals surface area (Å²) in [6.45, 7) is 3.28. The summed E-state index contributed by atoms with van der Waals surface area (Å²) in [5, 5.41) is 4.03. The number of fused-ring (bicyclic) bond motifs is 1. The minimum atomic E-state index is -0.0513. The molecule has 0 unspecified atom stereocenters. The molecule has 0 radical (unpaired) electrons. The highest BCUT2D eigenvalue weighted by molar-refractivity contribution is 5.92. The zero-order valence-electron chi connectivity index (χ0n) is 14.8. The van der Waals surface area contributed by atoms with E-state index in [0.717, 1.165) is 34.6 Å². The molecular formula is C20H23N3O2. The molecule has 0 atom stereocenters. The second-order valence-electron chi connectivity index (χ2n) is 5.98. The molecule has 0 saturated heterocycles. The van der Waals surface area contributed by atoms with Gasteiger partial charge < -0.3 is 19.5 Å². The zero-order chi connectivity index (χ0) is 17.8. The molecule has 0 aliphatic rings. The van der Waals surface area contributed by atoms with Crippen LogP contribution < -0.4 is 15.0 Å². The number of rotatable bonds is 6. The van der Waals surface area contributed by atoms with E-state index in [2.05, 4.69) is 17.1 Å². The molecule has 0 aliphatic carbocycles. The monoisotopic (exact) mass is 337 g/mol. The molecule has 0 aliphatic heterocycles. The van der Waals surface area contributed by atoms with E-state index in [1.165, 1.54) is 0 Å². The first-order chi connectivity index (χ1) is 12.1. The maximum absolute atomic E-state index is 12.4. The molecule has 2 aromatic carbocycles. The van der Waals surface area contributed by atoms with E-state index in [9.17, 15) is 4.79 Å². The SMILES string of the molecule is CCN(C)c1cccc(NC(=O)Cn2ccc3cc(OC)ccc32)c1. The van der Waals surface area contributed by atoms with Crippen LogP contribution >= 0.6 is 0 Å². The fourth-order valence-electron chi connectivity index (χ4n) is 2.80. The molecule has 130 valence electrons. The van der Waals surface area contributed by atoms with Gasteiger partial charge in [-0.3, -0.25) is 4.79 Å². The van der Waals surface area contributed by atoms with Crippen molar-refractivity contribution in [2.24, 2.45) is 0 Å². The van der Waals surface area contributed by atoms with Crippen molar-refractivity contribution in [1.82, 2.24) is 4.57 Å². The number of nitrogens with one attached hydrogen (secondary N) is 1. The van der Waals surface area contributed by atoms with Crippen molar-refractivity contribution in [3.05, 3.63) is 54.7 Å². The summed E-state index contributed by atoms with van der Waals surface area (Å²) in [4.78, 5) is 14.6. The second kappa shape index (κ2) is 7.30. The number of benzene rings is 2. The Morgan fingerprint density at radius 3 is 2.80 bits per heavy atom. The number of hydrogen-bond donors (Lipinski definition) is 1. The Bertz CT molecular complexity index is 886. The zero-order valence-corrected chi connectivity index (χ0v) is 14.8. The Hall–Kier alpha value is -2.95. The predicted molar refractivity (Wildman–Crippen MR) is 103 cm³/mol. The number of carbonyl (C=O) groups is 1. The van der Waals surface area contributed by atoms with Gasteiger partial charge in [-0.25, -0.2) is 0 Å². The maximum Gasteiger partial charge on any atom is 0.244 e. The van der Waals surface area contributed by atoms with Crippen LogP contribution in [0.1, 0.15) is 6.92 Å². The predicted octanol–water partition coefficient (Wildman–Crippen LogP) is 3.74. The summed E-state index contributed by atoms with van der Waals surface area (Å²) in [5.41, 5.74) is 2.90. The number of anilines is 2. The lowest BCUT2D eigenvalue weighted by molar-refractivity contribution is -0.116. The molecule has 0 spiro atoms. The first-order valence-electron chi connectivity index (χ1n) is 8.34. The third-order valence-corrected chi connectivity index (χ3v) is 4.34. The van der Waals surface area contributed by atoms with Crippen molar-refractivity contribution >= 4 is 28.2 Å². The van der Waals surface area contributed by atoms with Crippen molar-refractivity contribution < 1.29 is 9.53 Å². The van der Waals surface area contributed by atoms with Gasteiger partial charge in [-0.2, -0.15) is 0 Å². The highest BCUT2D eigenvalue weighted by atomic mass is 16.5. The van der Waals surface area contributed by atoms with Gasteiger partial charge >= 0.3 is 0 Å². The molecule has 0 bridgehead atoms. The normalized spacial score (nSPS) is 10.7. The molecule has 5 heteroatoms. The molecule has 25 heavy (non-hydrogen) atoms. The number of nitrogens with zero attached hydrogens (tertiary/aromatic N) is 2. The molecule has 0 fully saturated rings. The minimum absolute atomic E-state index is 0.0513. The quantitative estimate of drug-likeness (QED) is 0.745. The van der Waals surface area contributed by atoms with Gasteiger partial charge in [0.15, 0.2) is 0 Å². The molecule has 0 saturated carbocycles. The summed E-state index contributed by atoms with van der Waals surface area (Å²) in [5.74, 6) is 0.760. The average Bonchev–Trinajstić information content (AvgIpc) is 3.03. The van der Waals surface area contributed by atoms with Crippen molar-refractivity contribution in [1.29, 1.82) is 0 Å². The van der Waals surface area contributed by atoms with Crippen molar-refractivity contribution in [3.8, 4) is 5.75 Å². The average molecular weight is 337 g/mol. The van der Waals surface area contributed by atoms with Crippen LogP contribution in [0.2, 0.25) is 0 Å². The lowest BCUT2D eigenvalue weighted by atomic mass is 10.2. The van der Waals surface area contributed by atoms with Crippen LogP contribution in [0.3, 0.4) is 0 Å². The molecular weight excluding hydrogens is 314 g/mol. The van der Waals surface area contributed by atoms with Crippen molar-refractivity contribution in [2.75, 3.05) is 30.9 Å². The number of ether oxygens (including phenoxy) is 1. The van der Waals surface area contributed by atoms with Crippen LogP contribution in [0.5, 0.6) is 5.75 Å². The lowest BCUT2D eigenvalue weighted by Gasteiger charge is -2.17. The number of hydrogen-bond acceptors (Lipinski definition) is 3. The van der Waals surface area contributed by atoms with Crippen LogP contribution in [0.15, 0.2) is 54.7 Å². The molecule has 1 amide bonds. The van der Waals surface area contributed by atoms with Crippen molar-refractivity contribution in [3.63, 3.8) is 0 Å². The van der Waals surface area contributed by atoms with Gasteiger partial charge in [0, 0.05) is 42.1 Å². The van der Waals surface area contributed by atoms with Crippen LogP contribution in [0.4, 0.5) is 11.4 Å². The van der Waals surface area contributed by atoms with Gasteiger partial charge in [0.05, 0.1) is 7.11 Å². The highest BCUT2D eigenvalue weighted by Gasteiger charge is 2.08. The van der Waals surface area contributed by atoms with Gasteiger partial charge in [0.25, 0.3) is 0 Å². The molecule has 3 rings (SSSR count). The summed E-state index contributed by atoms with van der Waals surface area (Å²) in [6, 6.07) is 15.7. The van der Waals surface area contributed by atoms with Crippen molar-refractivity contribution in [2.45, 2.75) is 13.5 Å². The minimum Gasteiger partial charge on any atom is -0.497 e. The largest absolute Gasteiger partial charge is 0.497 e. The van der Waals surface area contributed by atoms with Gasteiger partial charge in [-0.1, -0.05) is 6.07 Å². The van der Waals surface area contributed by atoms with Gasteiger partial charge in [0.2, 0.25) is 5.91 Å².